The molecule has 3 aromatic rings. The molecule has 8 nitrogen and oxygen atoms in total. The molecular formula is C24H25ClN4O4. The molecule has 2 bridgehead atoms. The van der Waals surface area contributed by atoms with Gasteiger partial charge in [-0.2, -0.15) is 0 Å². The van der Waals surface area contributed by atoms with Gasteiger partial charge in [0.05, 0.1) is 18.8 Å². The van der Waals surface area contributed by atoms with E-state index in [1.807, 2.05) is 17.6 Å². The van der Waals surface area contributed by atoms with Crippen molar-refractivity contribution < 1.29 is 14.3 Å². The molecule has 2 aromatic heterocycles. The minimum Gasteiger partial charge on any atom is -0.464 e. The van der Waals surface area contributed by atoms with E-state index in [4.69, 9.17) is 16.3 Å². The number of ether oxygens (including phenoxy) is 1. The van der Waals surface area contributed by atoms with E-state index in [9.17, 15) is 14.4 Å². The number of piperidine rings is 1. The number of nitrogens with one attached hydrogen (secondary N) is 2. The molecular weight excluding hydrogens is 444 g/mol. The molecule has 172 valence electrons. The maximum absolute atomic E-state index is 13.3. The zero-order chi connectivity index (χ0) is 23.3. The molecule has 33 heavy (non-hydrogen) atoms. The number of likely N-dealkylation sites (tertiary alicyclic amines) is 1. The second kappa shape index (κ2) is 8.35. The lowest BCUT2D eigenvalue weighted by atomic mass is 9.82. The van der Waals surface area contributed by atoms with Gasteiger partial charge in [-0.05, 0) is 43.5 Å². The number of halogens is 1. The van der Waals surface area contributed by atoms with Gasteiger partial charge in [0, 0.05) is 53.2 Å². The first-order valence-electron chi connectivity index (χ1n) is 11.0. The summed E-state index contributed by atoms with van der Waals surface area (Å²) in [5, 5.41) is 4.09. The van der Waals surface area contributed by atoms with Gasteiger partial charge in [0.2, 0.25) is 5.91 Å². The predicted molar refractivity (Wildman–Crippen MR) is 126 cm³/mol. The Hall–Kier alpha value is -3.10. The lowest BCUT2D eigenvalue weighted by Gasteiger charge is -2.44. The second-order valence-corrected chi connectivity index (χ2v) is 9.31. The van der Waals surface area contributed by atoms with Crippen LogP contribution in [0.3, 0.4) is 0 Å². The summed E-state index contributed by atoms with van der Waals surface area (Å²) in [6.45, 7) is 3.96. The third-order valence-electron chi connectivity index (χ3n) is 6.83. The monoisotopic (exact) mass is 468 g/mol. The van der Waals surface area contributed by atoms with Crippen molar-refractivity contribution in [1.82, 2.24) is 14.5 Å². The molecule has 1 amide bonds. The summed E-state index contributed by atoms with van der Waals surface area (Å²) in [4.78, 5) is 43.1. The fourth-order valence-corrected chi connectivity index (χ4v) is 5.36. The normalized spacial score (nSPS) is 20.8. The number of rotatable bonds is 4. The second-order valence-electron chi connectivity index (χ2n) is 8.87. The molecule has 4 heterocycles. The van der Waals surface area contributed by atoms with Gasteiger partial charge in [-0.3, -0.25) is 14.5 Å². The van der Waals surface area contributed by atoms with Crippen molar-refractivity contribution in [2.45, 2.75) is 31.8 Å². The maximum Gasteiger partial charge on any atom is 0.356 e. The third-order valence-corrected chi connectivity index (χ3v) is 7.07. The van der Waals surface area contributed by atoms with Gasteiger partial charge < -0.3 is 19.6 Å². The van der Waals surface area contributed by atoms with Crippen LogP contribution < -0.4 is 10.9 Å². The fourth-order valence-electron chi connectivity index (χ4n) is 5.19. The van der Waals surface area contributed by atoms with Crippen LogP contribution in [0.25, 0.3) is 10.9 Å². The van der Waals surface area contributed by atoms with E-state index in [1.165, 1.54) is 7.11 Å². The van der Waals surface area contributed by atoms with Crippen LogP contribution in [0.15, 0.2) is 41.2 Å². The number of anilines is 1. The average molecular weight is 469 g/mol. The van der Waals surface area contributed by atoms with Crippen molar-refractivity contribution in [3.05, 3.63) is 63.2 Å². The molecule has 9 heteroatoms. The zero-order valence-corrected chi connectivity index (χ0v) is 19.2. The molecule has 0 saturated carbocycles. The van der Waals surface area contributed by atoms with Crippen molar-refractivity contribution in [3.8, 4) is 0 Å². The van der Waals surface area contributed by atoms with Crippen LogP contribution in [-0.2, 0) is 16.1 Å². The molecule has 0 radical (unpaired) electrons. The topological polar surface area (TPSA) is 96.4 Å². The van der Waals surface area contributed by atoms with Crippen LogP contribution in [-0.4, -0.2) is 52.6 Å². The number of H-pyrrole nitrogens is 1. The predicted octanol–water partition coefficient (Wildman–Crippen LogP) is 3.22. The molecule has 2 aliphatic rings. The van der Waals surface area contributed by atoms with Gasteiger partial charge in [0.1, 0.15) is 5.69 Å². The smallest absolute Gasteiger partial charge is 0.356 e. The summed E-state index contributed by atoms with van der Waals surface area (Å²) in [6.07, 6.45) is 1.02. The van der Waals surface area contributed by atoms with E-state index in [2.05, 4.69) is 15.2 Å². The number of fused-ring (bicyclic) bond motifs is 5. The van der Waals surface area contributed by atoms with Crippen LogP contribution in [0.4, 0.5) is 5.69 Å². The number of nitrogens with zero attached hydrogens (tertiary/aromatic N) is 2. The Kier molecular flexibility index (Phi) is 5.50. The number of methoxy groups -OCH3 is 1. The van der Waals surface area contributed by atoms with Gasteiger partial charge in [0.15, 0.2) is 0 Å². The number of aromatic amines is 1. The van der Waals surface area contributed by atoms with E-state index in [1.54, 1.807) is 30.3 Å². The van der Waals surface area contributed by atoms with E-state index >= 15 is 0 Å². The summed E-state index contributed by atoms with van der Waals surface area (Å²) in [6, 6.07) is 10.2. The molecule has 1 aromatic carbocycles. The molecule has 0 aliphatic carbocycles. The summed E-state index contributed by atoms with van der Waals surface area (Å²) >= 11 is 6.17. The SMILES string of the molecule is COC(=O)c1[nH]c2ccc(Cl)cc2c1NC(=O)C(C)N1C[C@H]2C[C@H](C1)c1cccc(=O)n1C2. The first-order chi connectivity index (χ1) is 15.9. The number of amides is 1. The number of esters is 1. The van der Waals surface area contributed by atoms with Gasteiger partial charge in [0.25, 0.3) is 5.56 Å². The van der Waals surface area contributed by atoms with Crippen molar-refractivity contribution in [1.29, 1.82) is 0 Å². The number of carbonyl (C=O) groups is 2. The summed E-state index contributed by atoms with van der Waals surface area (Å²) < 4.78 is 6.77. The van der Waals surface area contributed by atoms with Crippen molar-refractivity contribution in [3.63, 3.8) is 0 Å². The highest BCUT2D eigenvalue weighted by molar-refractivity contribution is 6.31. The van der Waals surface area contributed by atoms with Crippen molar-refractivity contribution >= 4 is 40.1 Å². The number of carbonyl (C=O) groups excluding carboxylic acids is 2. The van der Waals surface area contributed by atoms with Crippen molar-refractivity contribution in [2.75, 3.05) is 25.5 Å². The Morgan fingerprint density at radius 2 is 2.03 bits per heavy atom. The van der Waals surface area contributed by atoms with Crippen LogP contribution in [0.2, 0.25) is 5.02 Å². The highest BCUT2D eigenvalue weighted by Crippen LogP contribution is 2.36. The molecule has 1 saturated heterocycles. The van der Waals surface area contributed by atoms with E-state index in [-0.39, 0.29) is 23.1 Å². The Morgan fingerprint density at radius 3 is 2.82 bits per heavy atom. The summed E-state index contributed by atoms with van der Waals surface area (Å²) in [5.74, 6) is -0.269. The lowest BCUT2D eigenvalue weighted by Crippen LogP contribution is -2.52. The zero-order valence-electron chi connectivity index (χ0n) is 18.4. The lowest BCUT2D eigenvalue weighted by molar-refractivity contribution is -0.121. The van der Waals surface area contributed by atoms with Gasteiger partial charge in [-0.1, -0.05) is 17.7 Å². The quantitative estimate of drug-likeness (QED) is 0.573. The minimum absolute atomic E-state index is 0.0368. The average Bonchev–Trinajstić information content (AvgIpc) is 3.16. The number of hydrogen-bond donors (Lipinski definition) is 2. The Balaban J connectivity index is 1.40. The number of hydrogen-bond acceptors (Lipinski definition) is 5. The van der Waals surface area contributed by atoms with Crippen LogP contribution in [0.1, 0.15) is 35.4 Å². The first kappa shape index (κ1) is 21.7. The molecule has 2 aliphatic heterocycles. The molecule has 0 spiro atoms. The highest BCUT2D eigenvalue weighted by Gasteiger charge is 2.37. The Morgan fingerprint density at radius 1 is 1.21 bits per heavy atom. The molecule has 3 atom stereocenters. The molecule has 1 fully saturated rings. The third kappa shape index (κ3) is 3.83. The van der Waals surface area contributed by atoms with Crippen LogP contribution in [0.5, 0.6) is 0 Å². The molecule has 2 N–H and O–H groups in total. The van der Waals surface area contributed by atoms with E-state index < -0.39 is 12.0 Å². The van der Waals surface area contributed by atoms with Crippen molar-refractivity contribution in [2.24, 2.45) is 5.92 Å². The number of benzene rings is 1. The van der Waals surface area contributed by atoms with E-state index in [0.717, 1.165) is 18.7 Å². The number of pyridine rings is 1. The Bertz CT molecular complexity index is 1310. The fraction of sp³-hybridized carbons (Fsp3) is 0.375. The van der Waals surface area contributed by atoms with Crippen LogP contribution >= 0.6 is 11.6 Å². The summed E-state index contributed by atoms with van der Waals surface area (Å²) in [7, 11) is 1.30. The largest absolute Gasteiger partial charge is 0.464 e. The Labute approximate surface area is 195 Å². The minimum atomic E-state index is -0.570. The first-order valence-corrected chi connectivity index (χ1v) is 11.4. The number of aromatic nitrogens is 2. The maximum atomic E-state index is 13.3. The standard InChI is InChI=1S/C24H25ClN4O4/c1-13(28-10-14-8-15(12-28)19-4-3-5-20(30)29(19)11-14)23(31)27-21-17-9-16(25)6-7-18(17)26-22(21)24(32)33-2/h3-7,9,13-15,26H,8,10-12H2,1-2H3,(H,27,31)/t13?,14-,15-/m1/s1. The van der Waals surface area contributed by atoms with Gasteiger partial charge >= 0.3 is 5.97 Å². The summed E-state index contributed by atoms with van der Waals surface area (Å²) in [5.41, 5.74) is 2.30. The van der Waals surface area contributed by atoms with Gasteiger partial charge in [-0.15, -0.1) is 0 Å². The van der Waals surface area contributed by atoms with E-state index in [0.29, 0.717) is 40.6 Å². The van der Waals surface area contributed by atoms with Crippen LogP contribution in [0, 0.1) is 5.92 Å². The molecule has 5 rings (SSSR count). The van der Waals surface area contributed by atoms with Gasteiger partial charge in [-0.25, -0.2) is 4.79 Å². The molecule has 1 unspecified atom stereocenters. The highest BCUT2D eigenvalue weighted by atomic mass is 35.5.